The van der Waals surface area contributed by atoms with Gasteiger partial charge in [-0.05, 0) is 72.8 Å². The lowest BCUT2D eigenvalue weighted by molar-refractivity contribution is 0.0590. The van der Waals surface area contributed by atoms with Gasteiger partial charge in [-0.2, -0.15) is 0 Å². The monoisotopic (exact) mass is 697 g/mol. The van der Waals surface area contributed by atoms with Crippen molar-refractivity contribution in [2.24, 2.45) is 0 Å². The lowest BCUT2D eigenvalue weighted by atomic mass is 10.2. The van der Waals surface area contributed by atoms with E-state index in [4.69, 9.17) is 14.2 Å². The molecule has 15 nitrogen and oxygen atoms in total. The van der Waals surface area contributed by atoms with Gasteiger partial charge in [0.15, 0.2) is 23.0 Å². The van der Waals surface area contributed by atoms with Gasteiger partial charge in [-0.3, -0.25) is 15.0 Å². The first-order valence-electron chi connectivity index (χ1n) is 14.5. The minimum absolute atomic E-state index is 0.00449. The Morgan fingerprint density at radius 3 is 1.27 bits per heavy atom. The topological polar surface area (TPSA) is 200 Å². The van der Waals surface area contributed by atoms with Crippen molar-refractivity contribution in [1.29, 1.82) is 0 Å². The number of esters is 5. The predicted octanol–water partition coefficient (Wildman–Crippen LogP) is 4.76. The van der Waals surface area contributed by atoms with Crippen LogP contribution in [-0.2, 0) is 14.2 Å². The van der Waals surface area contributed by atoms with Crippen LogP contribution >= 0.6 is 0 Å². The summed E-state index contributed by atoms with van der Waals surface area (Å²) in [6, 6.07) is 17.8. The van der Waals surface area contributed by atoms with E-state index in [0.717, 1.165) is 0 Å². The molecule has 0 fully saturated rings. The summed E-state index contributed by atoms with van der Waals surface area (Å²) in [6.07, 6.45) is 8.76. The first kappa shape index (κ1) is 38.3. The zero-order valence-electron chi connectivity index (χ0n) is 27.7. The van der Waals surface area contributed by atoms with Crippen molar-refractivity contribution >= 4 is 29.8 Å². The Hall–Kier alpha value is -7.16. The number of aromatic nitrogens is 3. The largest absolute Gasteiger partial charge is 0.504 e. The van der Waals surface area contributed by atoms with Crippen LogP contribution in [0.5, 0.6) is 23.0 Å². The maximum absolute atomic E-state index is 12.3. The highest BCUT2D eigenvalue weighted by atomic mass is 16.6. The second-order valence-corrected chi connectivity index (χ2v) is 9.53. The van der Waals surface area contributed by atoms with Crippen molar-refractivity contribution in [1.82, 2.24) is 15.0 Å². The molecule has 0 saturated carbocycles. The fourth-order valence-electron chi connectivity index (χ4n) is 3.73. The summed E-state index contributed by atoms with van der Waals surface area (Å²) in [4.78, 5) is 69.7. The third kappa shape index (κ3) is 11.5. The van der Waals surface area contributed by atoms with Crippen LogP contribution in [0.25, 0.3) is 0 Å². The number of rotatable bonds is 8. The van der Waals surface area contributed by atoms with Gasteiger partial charge in [-0.25, -0.2) is 24.0 Å². The highest BCUT2D eigenvalue weighted by Crippen LogP contribution is 2.30. The van der Waals surface area contributed by atoms with E-state index < -0.39 is 23.9 Å². The van der Waals surface area contributed by atoms with E-state index in [9.17, 15) is 29.1 Å². The van der Waals surface area contributed by atoms with Gasteiger partial charge in [0.2, 0.25) is 0 Å². The molecule has 15 heteroatoms. The number of methoxy groups -OCH3 is 4. The molecule has 0 spiro atoms. The number of carbonyl (C=O) groups excluding carboxylic acids is 5. The SMILES string of the molecule is COC(=O)c1ccc(O)c(OC)c1.COC(=O)c1ccc(OC(=O)c2cccnc2)c(OC(=O)c2cccnc2)c1.COC(=O)c1cccnc1. The van der Waals surface area contributed by atoms with Crippen LogP contribution in [0.1, 0.15) is 51.8 Å². The van der Waals surface area contributed by atoms with Crippen molar-refractivity contribution in [3.63, 3.8) is 0 Å². The molecule has 0 amide bonds. The van der Waals surface area contributed by atoms with Crippen LogP contribution in [-0.4, -0.2) is 78.3 Å². The predicted molar refractivity (Wildman–Crippen MR) is 178 cm³/mol. The molecular weight excluding hydrogens is 666 g/mol. The molecule has 0 radical (unpaired) electrons. The normalized spacial score (nSPS) is 9.65. The Kier molecular flexibility index (Phi) is 14.7. The Labute approximate surface area is 291 Å². The quantitative estimate of drug-likeness (QED) is 0.132. The lowest BCUT2D eigenvalue weighted by Gasteiger charge is -2.12. The lowest BCUT2D eigenvalue weighted by Crippen LogP contribution is -2.13. The van der Waals surface area contributed by atoms with Crippen LogP contribution in [0, 0.1) is 0 Å². The van der Waals surface area contributed by atoms with Crippen LogP contribution in [0.15, 0.2) is 110 Å². The molecule has 2 aromatic carbocycles. The Morgan fingerprint density at radius 2 is 0.863 bits per heavy atom. The smallest absolute Gasteiger partial charge is 0.345 e. The number of carbonyl (C=O) groups is 5. The first-order valence-corrected chi connectivity index (χ1v) is 14.5. The Bertz CT molecular complexity index is 1940. The zero-order valence-corrected chi connectivity index (χ0v) is 27.7. The van der Waals surface area contributed by atoms with E-state index in [1.54, 1.807) is 30.5 Å². The molecule has 3 aromatic heterocycles. The molecule has 0 aliphatic carbocycles. The average Bonchev–Trinajstić information content (AvgIpc) is 3.19. The fourth-order valence-corrected chi connectivity index (χ4v) is 3.73. The molecule has 5 rings (SSSR count). The number of nitrogens with zero attached hydrogens (tertiary/aromatic N) is 3. The number of benzene rings is 2. The summed E-state index contributed by atoms with van der Waals surface area (Å²) in [5, 5.41) is 9.21. The van der Waals surface area contributed by atoms with Crippen LogP contribution in [0.4, 0.5) is 0 Å². The summed E-state index contributed by atoms with van der Waals surface area (Å²) in [7, 11) is 5.27. The van der Waals surface area contributed by atoms with Gasteiger partial charge in [0.1, 0.15) is 0 Å². The summed E-state index contributed by atoms with van der Waals surface area (Å²) in [5.41, 5.74) is 1.35. The number of hydrogen-bond acceptors (Lipinski definition) is 15. The molecule has 262 valence electrons. The van der Waals surface area contributed by atoms with Crippen molar-refractivity contribution in [3.05, 3.63) is 138 Å². The van der Waals surface area contributed by atoms with Gasteiger partial charge in [-0.1, -0.05) is 0 Å². The first-order chi connectivity index (χ1) is 24.6. The minimum atomic E-state index is -0.728. The minimum Gasteiger partial charge on any atom is -0.504 e. The van der Waals surface area contributed by atoms with Crippen LogP contribution in [0.3, 0.4) is 0 Å². The van der Waals surface area contributed by atoms with Crippen molar-refractivity contribution in [2.75, 3.05) is 28.4 Å². The maximum atomic E-state index is 12.3. The van der Waals surface area contributed by atoms with E-state index in [-0.39, 0.29) is 45.7 Å². The molecule has 0 saturated heterocycles. The third-order valence-corrected chi connectivity index (χ3v) is 6.25. The van der Waals surface area contributed by atoms with Gasteiger partial charge in [-0.15, -0.1) is 0 Å². The van der Waals surface area contributed by atoms with E-state index in [0.29, 0.717) is 11.1 Å². The van der Waals surface area contributed by atoms with Gasteiger partial charge in [0.25, 0.3) is 0 Å². The molecule has 51 heavy (non-hydrogen) atoms. The highest BCUT2D eigenvalue weighted by molar-refractivity contribution is 5.95. The van der Waals surface area contributed by atoms with E-state index in [1.165, 1.54) is 108 Å². The summed E-state index contributed by atoms with van der Waals surface area (Å²) in [5.74, 6) is -2.78. The maximum Gasteiger partial charge on any atom is 0.345 e. The molecule has 0 aliphatic rings. The zero-order chi connectivity index (χ0) is 37.2. The molecular formula is C36H31N3O12. The molecule has 0 unspecified atom stereocenters. The van der Waals surface area contributed by atoms with E-state index in [1.807, 2.05) is 0 Å². The second-order valence-electron chi connectivity index (χ2n) is 9.53. The molecule has 0 bridgehead atoms. The number of phenols is 1. The third-order valence-electron chi connectivity index (χ3n) is 6.25. The van der Waals surface area contributed by atoms with Gasteiger partial charge < -0.3 is 33.5 Å². The fraction of sp³-hybridized carbons (Fsp3) is 0.111. The van der Waals surface area contributed by atoms with Crippen LogP contribution < -0.4 is 14.2 Å². The number of aromatic hydroxyl groups is 1. The number of pyridine rings is 3. The van der Waals surface area contributed by atoms with Gasteiger partial charge >= 0.3 is 29.8 Å². The van der Waals surface area contributed by atoms with Crippen molar-refractivity contribution < 1.29 is 57.5 Å². The Morgan fingerprint density at radius 1 is 0.471 bits per heavy atom. The highest BCUT2D eigenvalue weighted by Gasteiger charge is 2.19. The molecule has 1 N–H and O–H groups in total. The Balaban J connectivity index is 0.000000250. The molecule has 3 heterocycles. The van der Waals surface area contributed by atoms with Crippen molar-refractivity contribution in [3.8, 4) is 23.0 Å². The van der Waals surface area contributed by atoms with Crippen molar-refractivity contribution in [2.45, 2.75) is 0 Å². The average molecular weight is 698 g/mol. The second kappa shape index (κ2) is 19.6. The number of ether oxygens (including phenoxy) is 6. The summed E-state index contributed by atoms with van der Waals surface area (Å²) >= 11 is 0. The van der Waals surface area contributed by atoms with Gasteiger partial charge in [0, 0.05) is 37.2 Å². The number of phenolic OH excluding ortho intramolecular Hbond substituents is 1. The standard InChI is InChI=1S/C20H14N2O6.C9H10O4.C7H7NO2/c1-26-18(23)13-6-7-16(27-19(24)14-4-2-8-21-11-14)17(10-13)28-20(25)15-5-3-9-22-12-15;1-12-8-5-6(9(11)13-2)3-4-7(8)10;1-10-7(9)6-3-2-4-8-5-6/h2-12H,1H3;3-5,10H,1-2H3;2-5H,1H3. The summed E-state index contributed by atoms with van der Waals surface area (Å²) < 4.78 is 29.1. The molecule has 0 aliphatic heterocycles. The van der Waals surface area contributed by atoms with E-state index in [2.05, 4.69) is 29.2 Å². The summed E-state index contributed by atoms with van der Waals surface area (Å²) in [6.45, 7) is 0. The number of hydrogen-bond donors (Lipinski definition) is 1. The molecule has 0 atom stereocenters. The van der Waals surface area contributed by atoms with Crippen LogP contribution in [0.2, 0.25) is 0 Å². The molecule has 5 aromatic rings. The van der Waals surface area contributed by atoms with Gasteiger partial charge in [0.05, 0.1) is 56.3 Å². The van der Waals surface area contributed by atoms with E-state index >= 15 is 0 Å².